The summed E-state index contributed by atoms with van der Waals surface area (Å²) in [6.07, 6.45) is 2.50. The molecule has 0 saturated heterocycles. The number of carbonyl (C=O) groups excluding carboxylic acids is 1. The Hall–Kier alpha value is -0.830. The minimum Gasteiger partial charge on any atom is -0.508 e. The first-order valence-electron chi connectivity index (χ1n) is 6.40. The summed E-state index contributed by atoms with van der Waals surface area (Å²) in [4.78, 5) is 12.1. The SMILES string of the molecule is Cc1cc(O)c(C(C)C)cc1C(=O)CCCCBr. The zero-order valence-electron chi connectivity index (χ0n) is 11.3. The number of ketones is 1. The number of hydrogen-bond acceptors (Lipinski definition) is 2. The molecule has 0 spiro atoms. The summed E-state index contributed by atoms with van der Waals surface area (Å²) in [6, 6.07) is 3.55. The number of unbranched alkanes of at least 4 members (excludes halogenated alkanes) is 1. The first-order chi connectivity index (χ1) is 8.47. The Balaban J connectivity index is 2.94. The van der Waals surface area contributed by atoms with E-state index >= 15 is 0 Å². The van der Waals surface area contributed by atoms with Gasteiger partial charge in [-0.3, -0.25) is 4.79 Å². The van der Waals surface area contributed by atoms with Gasteiger partial charge >= 0.3 is 0 Å². The van der Waals surface area contributed by atoms with Gasteiger partial charge in [0, 0.05) is 17.3 Å². The van der Waals surface area contributed by atoms with Crippen LogP contribution >= 0.6 is 15.9 Å². The lowest BCUT2D eigenvalue weighted by molar-refractivity contribution is 0.0979. The molecule has 0 saturated carbocycles. The molecule has 0 aliphatic carbocycles. The Morgan fingerprint density at radius 3 is 2.56 bits per heavy atom. The average Bonchev–Trinajstić information content (AvgIpc) is 2.28. The van der Waals surface area contributed by atoms with Gasteiger partial charge in [0.2, 0.25) is 0 Å². The van der Waals surface area contributed by atoms with Gasteiger partial charge in [-0.15, -0.1) is 0 Å². The second-order valence-electron chi connectivity index (χ2n) is 4.95. The monoisotopic (exact) mass is 312 g/mol. The molecule has 1 N–H and O–H groups in total. The normalized spacial score (nSPS) is 10.9. The van der Waals surface area contributed by atoms with E-state index in [1.54, 1.807) is 6.07 Å². The Morgan fingerprint density at radius 2 is 2.00 bits per heavy atom. The van der Waals surface area contributed by atoms with Crippen molar-refractivity contribution in [1.29, 1.82) is 0 Å². The van der Waals surface area contributed by atoms with Gasteiger partial charge in [-0.1, -0.05) is 29.8 Å². The Labute approximate surface area is 118 Å². The summed E-state index contributed by atoms with van der Waals surface area (Å²) in [7, 11) is 0. The minimum atomic E-state index is 0.176. The van der Waals surface area contributed by atoms with Crippen LogP contribution in [0.4, 0.5) is 0 Å². The highest BCUT2D eigenvalue weighted by Gasteiger charge is 2.14. The van der Waals surface area contributed by atoms with Crippen molar-refractivity contribution in [3.8, 4) is 5.75 Å². The number of aromatic hydroxyl groups is 1. The number of halogens is 1. The Kier molecular flexibility index (Phi) is 5.86. The third-order valence-corrected chi connectivity index (χ3v) is 3.64. The van der Waals surface area contributed by atoms with Crippen molar-refractivity contribution >= 4 is 21.7 Å². The topological polar surface area (TPSA) is 37.3 Å². The fraction of sp³-hybridized carbons (Fsp3) is 0.533. The van der Waals surface area contributed by atoms with Gasteiger partial charge in [0.05, 0.1) is 0 Å². The van der Waals surface area contributed by atoms with Crippen molar-refractivity contribution in [2.45, 2.75) is 46.0 Å². The average molecular weight is 313 g/mol. The van der Waals surface area contributed by atoms with E-state index in [-0.39, 0.29) is 11.7 Å². The van der Waals surface area contributed by atoms with Crippen molar-refractivity contribution in [2.24, 2.45) is 0 Å². The summed E-state index contributed by atoms with van der Waals surface area (Å²) in [5.74, 6) is 0.689. The van der Waals surface area contributed by atoms with Crippen molar-refractivity contribution in [1.82, 2.24) is 0 Å². The number of Topliss-reactive ketones (excluding diaryl/α,β-unsaturated/α-hetero) is 1. The quantitative estimate of drug-likeness (QED) is 0.474. The molecule has 0 heterocycles. The van der Waals surface area contributed by atoms with Crippen LogP contribution in [0.25, 0.3) is 0 Å². The minimum absolute atomic E-state index is 0.176. The lowest BCUT2D eigenvalue weighted by Crippen LogP contribution is -2.04. The lowest BCUT2D eigenvalue weighted by Gasteiger charge is -2.13. The first kappa shape index (κ1) is 15.2. The highest BCUT2D eigenvalue weighted by molar-refractivity contribution is 9.09. The van der Waals surface area contributed by atoms with Crippen LogP contribution in [0.2, 0.25) is 0 Å². The third-order valence-electron chi connectivity index (χ3n) is 3.08. The second kappa shape index (κ2) is 6.93. The van der Waals surface area contributed by atoms with Gasteiger partial charge in [0.25, 0.3) is 0 Å². The standard InChI is InChI=1S/C15H21BrO2/c1-10(2)12-9-13(11(3)8-15(12)18)14(17)6-4-5-7-16/h8-10,18H,4-7H2,1-3H3. The Bertz CT molecular complexity index is 425. The summed E-state index contributed by atoms with van der Waals surface area (Å²) in [6.45, 7) is 5.91. The Morgan fingerprint density at radius 1 is 1.33 bits per heavy atom. The van der Waals surface area contributed by atoms with E-state index in [2.05, 4.69) is 15.9 Å². The van der Waals surface area contributed by atoms with Gasteiger partial charge in [-0.25, -0.2) is 0 Å². The van der Waals surface area contributed by atoms with Crippen molar-refractivity contribution in [3.05, 3.63) is 28.8 Å². The molecule has 1 aromatic rings. The molecule has 0 aromatic heterocycles. The molecule has 100 valence electrons. The number of rotatable bonds is 6. The third kappa shape index (κ3) is 3.84. The highest BCUT2D eigenvalue weighted by Crippen LogP contribution is 2.29. The number of benzene rings is 1. The molecule has 0 amide bonds. The van der Waals surface area contributed by atoms with E-state index in [1.165, 1.54) is 0 Å². The fourth-order valence-electron chi connectivity index (χ4n) is 1.99. The van der Waals surface area contributed by atoms with Crippen molar-refractivity contribution < 1.29 is 9.90 Å². The van der Waals surface area contributed by atoms with Crippen LogP contribution in [0.5, 0.6) is 5.75 Å². The van der Waals surface area contributed by atoms with E-state index in [0.29, 0.717) is 12.2 Å². The fourth-order valence-corrected chi connectivity index (χ4v) is 2.38. The smallest absolute Gasteiger partial charge is 0.163 e. The van der Waals surface area contributed by atoms with Gasteiger partial charge in [-0.2, -0.15) is 0 Å². The number of phenols is 1. The van der Waals surface area contributed by atoms with Crippen LogP contribution in [0.3, 0.4) is 0 Å². The lowest BCUT2D eigenvalue weighted by atomic mass is 9.93. The van der Waals surface area contributed by atoms with E-state index in [1.807, 2.05) is 26.8 Å². The van der Waals surface area contributed by atoms with E-state index in [4.69, 9.17) is 0 Å². The predicted molar refractivity (Wildman–Crippen MR) is 78.9 cm³/mol. The van der Waals surface area contributed by atoms with Crippen LogP contribution in [0.1, 0.15) is 60.5 Å². The molecule has 0 fully saturated rings. The number of hydrogen-bond donors (Lipinski definition) is 1. The molecule has 1 rings (SSSR count). The molecular weight excluding hydrogens is 292 g/mol. The van der Waals surface area contributed by atoms with Crippen LogP contribution < -0.4 is 0 Å². The number of phenolic OH excluding ortho intramolecular Hbond substituents is 1. The maximum atomic E-state index is 12.1. The zero-order chi connectivity index (χ0) is 13.7. The maximum Gasteiger partial charge on any atom is 0.163 e. The van der Waals surface area contributed by atoms with Crippen LogP contribution in [-0.4, -0.2) is 16.2 Å². The van der Waals surface area contributed by atoms with Crippen molar-refractivity contribution in [3.63, 3.8) is 0 Å². The zero-order valence-corrected chi connectivity index (χ0v) is 12.9. The largest absolute Gasteiger partial charge is 0.508 e. The summed E-state index contributed by atoms with van der Waals surface area (Å²) in [5.41, 5.74) is 2.47. The van der Waals surface area contributed by atoms with Gasteiger partial charge in [-0.05, 0) is 48.9 Å². The van der Waals surface area contributed by atoms with E-state index in [9.17, 15) is 9.90 Å². The van der Waals surface area contributed by atoms with E-state index < -0.39 is 0 Å². The summed E-state index contributed by atoms with van der Waals surface area (Å²) in [5, 5.41) is 10.8. The van der Waals surface area contributed by atoms with Crippen LogP contribution in [0, 0.1) is 6.92 Å². The van der Waals surface area contributed by atoms with Crippen LogP contribution in [-0.2, 0) is 0 Å². The summed E-state index contributed by atoms with van der Waals surface area (Å²) < 4.78 is 0. The molecule has 0 radical (unpaired) electrons. The molecule has 2 nitrogen and oxygen atoms in total. The van der Waals surface area contributed by atoms with Gasteiger partial charge in [0.15, 0.2) is 5.78 Å². The number of carbonyl (C=O) groups is 1. The highest BCUT2D eigenvalue weighted by atomic mass is 79.9. The molecular formula is C15H21BrO2. The molecule has 0 bridgehead atoms. The molecule has 0 unspecified atom stereocenters. The van der Waals surface area contributed by atoms with Gasteiger partial charge < -0.3 is 5.11 Å². The second-order valence-corrected chi connectivity index (χ2v) is 5.74. The van der Waals surface area contributed by atoms with Crippen molar-refractivity contribution in [2.75, 3.05) is 5.33 Å². The predicted octanol–water partition coefficient (Wildman–Crippen LogP) is 4.57. The first-order valence-corrected chi connectivity index (χ1v) is 7.52. The molecule has 3 heteroatoms. The summed E-state index contributed by atoms with van der Waals surface area (Å²) >= 11 is 3.37. The van der Waals surface area contributed by atoms with E-state index in [0.717, 1.165) is 34.9 Å². The maximum absolute atomic E-state index is 12.1. The molecule has 0 aliphatic rings. The molecule has 0 aliphatic heterocycles. The van der Waals surface area contributed by atoms with Crippen LogP contribution in [0.15, 0.2) is 12.1 Å². The van der Waals surface area contributed by atoms with Gasteiger partial charge in [0.1, 0.15) is 5.75 Å². The number of aryl methyl sites for hydroxylation is 1. The molecule has 18 heavy (non-hydrogen) atoms. The molecule has 0 atom stereocenters. The molecule has 1 aromatic carbocycles. The number of alkyl halides is 1.